The summed E-state index contributed by atoms with van der Waals surface area (Å²) >= 11 is 1.56. The minimum Gasteiger partial charge on any atom is -0.497 e. The number of carbonyl (C=O) groups is 1. The van der Waals surface area contributed by atoms with Crippen molar-refractivity contribution in [3.8, 4) is 17.0 Å². The third kappa shape index (κ3) is 3.03. The lowest BCUT2D eigenvalue weighted by atomic mass is 10.1. The third-order valence-electron chi connectivity index (χ3n) is 4.91. The molecule has 0 atom stereocenters. The van der Waals surface area contributed by atoms with Gasteiger partial charge in [0.25, 0.3) is 0 Å². The average Bonchev–Trinajstić information content (AvgIpc) is 3.46. The van der Waals surface area contributed by atoms with Gasteiger partial charge in [-0.2, -0.15) is 0 Å². The quantitative estimate of drug-likeness (QED) is 0.316. The van der Waals surface area contributed by atoms with Gasteiger partial charge in [0.15, 0.2) is 10.7 Å². The molecule has 5 aromatic rings. The standard InChI is InChI=1S/C23H17N3O2S/c1-28-16-8-6-15(7-9-16)22-20(26-12-13-29-23(26)25-22)10-11-21(27)18-14-24-19-5-3-2-4-17(18)19/h2-14,24H,1H3. The number of allylic oxidation sites excluding steroid dienone is 1. The van der Waals surface area contributed by atoms with Crippen molar-refractivity contribution < 1.29 is 9.53 Å². The van der Waals surface area contributed by atoms with Gasteiger partial charge < -0.3 is 9.72 Å². The lowest BCUT2D eigenvalue weighted by Crippen LogP contribution is -1.93. The Bertz CT molecular complexity index is 1360. The van der Waals surface area contributed by atoms with Gasteiger partial charge in [-0.3, -0.25) is 9.20 Å². The summed E-state index contributed by atoms with van der Waals surface area (Å²) in [6.07, 6.45) is 7.19. The van der Waals surface area contributed by atoms with Gasteiger partial charge in [-0.1, -0.05) is 18.2 Å². The maximum absolute atomic E-state index is 12.9. The van der Waals surface area contributed by atoms with Gasteiger partial charge in [-0.15, -0.1) is 11.3 Å². The van der Waals surface area contributed by atoms with Crippen LogP contribution < -0.4 is 4.74 Å². The molecule has 0 spiro atoms. The molecular formula is C23H17N3O2S. The second kappa shape index (κ2) is 7.07. The fraction of sp³-hybridized carbons (Fsp3) is 0.0435. The van der Waals surface area contributed by atoms with Gasteiger partial charge in [0, 0.05) is 39.8 Å². The molecule has 142 valence electrons. The van der Waals surface area contributed by atoms with Gasteiger partial charge in [0.1, 0.15) is 5.75 Å². The number of para-hydroxylation sites is 1. The number of nitrogens with one attached hydrogen (secondary N) is 1. The normalized spacial score (nSPS) is 11.6. The van der Waals surface area contributed by atoms with Crippen molar-refractivity contribution in [2.24, 2.45) is 0 Å². The summed E-state index contributed by atoms with van der Waals surface area (Å²) in [7, 11) is 1.64. The van der Waals surface area contributed by atoms with Crippen LogP contribution in [0.1, 0.15) is 16.1 Å². The van der Waals surface area contributed by atoms with Crippen LogP contribution in [0.15, 0.2) is 72.4 Å². The van der Waals surface area contributed by atoms with Gasteiger partial charge in [-0.05, 0) is 42.5 Å². The van der Waals surface area contributed by atoms with E-state index in [0.717, 1.165) is 38.6 Å². The van der Waals surface area contributed by atoms with Crippen LogP contribution in [0, 0.1) is 0 Å². The zero-order valence-electron chi connectivity index (χ0n) is 15.6. The number of fused-ring (bicyclic) bond motifs is 2. The first kappa shape index (κ1) is 17.5. The van der Waals surface area contributed by atoms with E-state index in [1.807, 2.05) is 70.6 Å². The fourth-order valence-electron chi connectivity index (χ4n) is 3.44. The van der Waals surface area contributed by atoms with E-state index in [1.165, 1.54) is 0 Å². The van der Waals surface area contributed by atoms with E-state index in [9.17, 15) is 4.79 Å². The molecule has 0 fully saturated rings. The van der Waals surface area contributed by atoms with Crippen LogP contribution in [0.25, 0.3) is 33.2 Å². The van der Waals surface area contributed by atoms with Crippen LogP contribution in [0.3, 0.4) is 0 Å². The Kier molecular flexibility index (Phi) is 4.26. The first-order valence-electron chi connectivity index (χ1n) is 9.13. The monoisotopic (exact) mass is 399 g/mol. The Balaban J connectivity index is 1.55. The summed E-state index contributed by atoms with van der Waals surface area (Å²) in [5, 5.41) is 2.91. The molecule has 0 saturated carbocycles. The Morgan fingerprint density at radius 3 is 2.83 bits per heavy atom. The molecule has 0 saturated heterocycles. The summed E-state index contributed by atoms with van der Waals surface area (Å²) in [4.78, 5) is 21.7. The number of hydrogen-bond acceptors (Lipinski definition) is 4. The Labute approximate surface area is 170 Å². The number of methoxy groups -OCH3 is 1. The summed E-state index contributed by atoms with van der Waals surface area (Å²) in [5.41, 5.74) is 4.30. The highest BCUT2D eigenvalue weighted by Crippen LogP contribution is 2.29. The molecule has 0 bridgehead atoms. The number of hydrogen-bond donors (Lipinski definition) is 1. The van der Waals surface area contributed by atoms with E-state index < -0.39 is 0 Å². The SMILES string of the molecule is COc1ccc(-c2nc3sccn3c2C=CC(=O)c2c[nH]c3ccccc23)cc1. The molecule has 1 N–H and O–H groups in total. The number of aromatic amines is 1. The largest absolute Gasteiger partial charge is 0.497 e. The van der Waals surface area contributed by atoms with Gasteiger partial charge in [-0.25, -0.2) is 4.98 Å². The zero-order valence-corrected chi connectivity index (χ0v) is 16.4. The number of benzene rings is 2. The summed E-state index contributed by atoms with van der Waals surface area (Å²) in [6, 6.07) is 15.6. The summed E-state index contributed by atoms with van der Waals surface area (Å²) in [5.74, 6) is 0.745. The van der Waals surface area contributed by atoms with Crippen molar-refractivity contribution in [2.75, 3.05) is 7.11 Å². The van der Waals surface area contributed by atoms with Crippen LogP contribution in [0.4, 0.5) is 0 Å². The minimum absolute atomic E-state index is 0.0479. The van der Waals surface area contributed by atoms with E-state index in [4.69, 9.17) is 9.72 Å². The maximum atomic E-state index is 12.9. The van der Waals surface area contributed by atoms with Crippen LogP contribution >= 0.6 is 11.3 Å². The van der Waals surface area contributed by atoms with E-state index in [1.54, 1.807) is 30.7 Å². The van der Waals surface area contributed by atoms with Crippen molar-refractivity contribution in [3.63, 3.8) is 0 Å². The van der Waals surface area contributed by atoms with Gasteiger partial charge >= 0.3 is 0 Å². The van der Waals surface area contributed by atoms with Gasteiger partial charge in [0.05, 0.1) is 18.5 Å². The van der Waals surface area contributed by atoms with Crippen molar-refractivity contribution in [1.82, 2.24) is 14.4 Å². The van der Waals surface area contributed by atoms with Crippen LogP contribution in [-0.4, -0.2) is 27.3 Å². The molecule has 3 heterocycles. The Morgan fingerprint density at radius 1 is 1.17 bits per heavy atom. The van der Waals surface area contributed by atoms with Crippen LogP contribution in [0.2, 0.25) is 0 Å². The summed E-state index contributed by atoms with van der Waals surface area (Å²) < 4.78 is 7.25. The maximum Gasteiger partial charge on any atom is 0.194 e. The molecule has 0 aliphatic carbocycles. The Morgan fingerprint density at radius 2 is 2.00 bits per heavy atom. The molecule has 6 heteroatoms. The predicted molar refractivity (Wildman–Crippen MR) is 117 cm³/mol. The number of carbonyl (C=O) groups excluding carboxylic acids is 1. The Hall–Kier alpha value is -3.64. The van der Waals surface area contributed by atoms with Crippen molar-refractivity contribution in [3.05, 3.63) is 83.6 Å². The highest BCUT2D eigenvalue weighted by Gasteiger charge is 2.14. The van der Waals surface area contributed by atoms with E-state index in [-0.39, 0.29) is 5.78 Å². The van der Waals surface area contributed by atoms with E-state index in [2.05, 4.69) is 4.98 Å². The molecule has 2 aromatic carbocycles. The molecule has 0 amide bonds. The second-order valence-electron chi connectivity index (χ2n) is 6.58. The van der Waals surface area contributed by atoms with E-state index >= 15 is 0 Å². The lowest BCUT2D eigenvalue weighted by Gasteiger charge is -2.03. The number of H-pyrrole nitrogens is 1. The number of rotatable bonds is 5. The van der Waals surface area contributed by atoms with Gasteiger partial charge in [0.2, 0.25) is 0 Å². The molecule has 0 unspecified atom stereocenters. The highest BCUT2D eigenvalue weighted by atomic mass is 32.1. The van der Waals surface area contributed by atoms with Crippen molar-refractivity contribution in [1.29, 1.82) is 0 Å². The number of imidazole rings is 1. The van der Waals surface area contributed by atoms with Crippen LogP contribution in [-0.2, 0) is 0 Å². The highest BCUT2D eigenvalue weighted by molar-refractivity contribution is 7.15. The third-order valence-corrected chi connectivity index (χ3v) is 5.67. The molecule has 29 heavy (non-hydrogen) atoms. The first-order chi connectivity index (χ1) is 14.2. The topological polar surface area (TPSA) is 59.4 Å². The average molecular weight is 399 g/mol. The number of ether oxygens (including phenoxy) is 1. The number of ketones is 1. The molecule has 3 aromatic heterocycles. The van der Waals surface area contributed by atoms with Crippen molar-refractivity contribution in [2.45, 2.75) is 0 Å². The van der Waals surface area contributed by atoms with Crippen LogP contribution in [0.5, 0.6) is 5.75 Å². The minimum atomic E-state index is -0.0479. The number of aromatic nitrogens is 3. The molecule has 5 nitrogen and oxygen atoms in total. The van der Waals surface area contributed by atoms with Crippen molar-refractivity contribution >= 4 is 39.1 Å². The number of thiazole rings is 1. The predicted octanol–water partition coefficient (Wildman–Crippen LogP) is 5.45. The molecule has 0 radical (unpaired) electrons. The number of nitrogens with zero attached hydrogens (tertiary/aromatic N) is 2. The molecule has 0 aliphatic rings. The van der Waals surface area contributed by atoms with E-state index in [0.29, 0.717) is 5.56 Å². The smallest absolute Gasteiger partial charge is 0.194 e. The zero-order chi connectivity index (χ0) is 19.8. The first-order valence-corrected chi connectivity index (χ1v) is 10.0. The second-order valence-corrected chi connectivity index (χ2v) is 7.45. The molecule has 5 rings (SSSR count). The summed E-state index contributed by atoms with van der Waals surface area (Å²) in [6.45, 7) is 0. The molecular weight excluding hydrogens is 382 g/mol. The lowest BCUT2D eigenvalue weighted by molar-refractivity contribution is 0.104. The molecule has 0 aliphatic heterocycles. The fourth-order valence-corrected chi connectivity index (χ4v) is 4.16.